The van der Waals surface area contributed by atoms with E-state index in [1.54, 1.807) is 0 Å². The molecule has 0 aliphatic heterocycles. The van der Waals surface area contributed by atoms with Crippen molar-refractivity contribution in [2.24, 2.45) is 7.05 Å². The Kier molecular flexibility index (Phi) is 3.33. The fourth-order valence-electron chi connectivity index (χ4n) is 2.67. The van der Waals surface area contributed by atoms with E-state index in [0.29, 0.717) is 11.6 Å². The summed E-state index contributed by atoms with van der Waals surface area (Å²) < 4.78 is 1.83. The number of carbonyl (C=O) groups is 1. The van der Waals surface area contributed by atoms with Crippen molar-refractivity contribution in [3.63, 3.8) is 0 Å². The molecular formula is C12H17ClN2O. The van der Waals surface area contributed by atoms with Crippen molar-refractivity contribution >= 4 is 16.8 Å². The number of carbonyl (C=O) groups excluding carboxylic acids is 1. The van der Waals surface area contributed by atoms with E-state index in [1.165, 1.54) is 25.0 Å². The van der Waals surface area contributed by atoms with Crippen LogP contribution >= 0.6 is 11.6 Å². The first kappa shape index (κ1) is 11.6. The highest BCUT2D eigenvalue weighted by atomic mass is 35.5. The van der Waals surface area contributed by atoms with Crippen LogP contribution in [0.15, 0.2) is 0 Å². The van der Waals surface area contributed by atoms with E-state index in [-0.39, 0.29) is 0 Å². The molecule has 1 heterocycles. The molecule has 1 atom stereocenters. The first-order chi connectivity index (χ1) is 7.61. The third-order valence-electron chi connectivity index (χ3n) is 3.41. The predicted molar refractivity (Wildman–Crippen MR) is 64.0 cm³/mol. The van der Waals surface area contributed by atoms with Crippen LogP contribution in [0.1, 0.15) is 60.3 Å². The summed E-state index contributed by atoms with van der Waals surface area (Å²) in [5.74, 6) is 0.470. The van der Waals surface area contributed by atoms with Crippen LogP contribution in [0.3, 0.4) is 0 Å². The lowest BCUT2D eigenvalue weighted by Gasteiger charge is -2.17. The minimum atomic E-state index is -0.426. The summed E-state index contributed by atoms with van der Waals surface area (Å²) >= 11 is 5.58. The molecule has 1 aromatic heterocycles. The third-order valence-corrected chi connectivity index (χ3v) is 3.59. The summed E-state index contributed by atoms with van der Waals surface area (Å²) in [7, 11) is 1.90. The van der Waals surface area contributed by atoms with Gasteiger partial charge in [0.1, 0.15) is 5.69 Å². The van der Waals surface area contributed by atoms with Gasteiger partial charge in [0.15, 0.2) is 0 Å². The van der Waals surface area contributed by atoms with Gasteiger partial charge in [0.05, 0.1) is 0 Å². The van der Waals surface area contributed by atoms with Crippen molar-refractivity contribution in [1.82, 2.24) is 9.78 Å². The number of hydrogen-bond donors (Lipinski definition) is 0. The van der Waals surface area contributed by atoms with E-state index in [9.17, 15) is 4.79 Å². The molecule has 0 amide bonds. The lowest BCUT2D eigenvalue weighted by molar-refractivity contribution is 0.107. The predicted octanol–water partition coefficient (Wildman–Crippen LogP) is 3.02. The van der Waals surface area contributed by atoms with Gasteiger partial charge in [-0.1, -0.05) is 19.8 Å². The van der Waals surface area contributed by atoms with Gasteiger partial charge in [-0.25, -0.2) is 0 Å². The number of aromatic nitrogens is 2. The maximum atomic E-state index is 11.3. The van der Waals surface area contributed by atoms with Gasteiger partial charge in [-0.2, -0.15) is 5.10 Å². The molecular weight excluding hydrogens is 224 g/mol. The molecule has 0 saturated heterocycles. The molecule has 0 aromatic carbocycles. The second-order valence-corrected chi connectivity index (χ2v) is 4.95. The molecule has 0 saturated carbocycles. The van der Waals surface area contributed by atoms with Gasteiger partial charge in [0.25, 0.3) is 5.24 Å². The molecule has 0 spiro atoms. The Labute approximate surface area is 101 Å². The van der Waals surface area contributed by atoms with Crippen molar-refractivity contribution in [3.05, 3.63) is 17.0 Å². The van der Waals surface area contributed by atoms with E-state index in [2.05, 4.69) is 12.0 Å². The molecule has 0 fully saturated rings. The highest BCUT2D eigenvalue weighted by Crippen LogP contribution is 2.31. The summed E-state index contributed by atoms with van der Waals surface area (Å²) in [4.78, 5) is 11.3. The molecule has 0 N–H and O–H groups in total. The Balaban J connectivity index is 2.50. The molecule has 1 aliphatic carbocycles. The van der Waals surface area contributed by atoms with Crippen LogP contribution in [0.2, 0.25) is 0 Å². The SMILES string of the molecule is CC1CCCCCc2c(C(=O)Cl)nn(C)c21. The summed E-state index contributed by atoms with van der Waals surface area (Å²) in [5, 5.41) is 3.83. The Bertz CT molecular complexity index is 411. The van der Waals surface area contributed by atoms with E-state index in [0.717, 1.165) is 18.4 Å². The quantitative estimate of drug-likeness (QED) is 0.708. The van der Waals surface area contributed by atoms with E-state index < -0.39 is 5.24 Å². The molecule has 1 unspecified atom stereocenters. The number of hydrogen-bond acceptors (Lipinski definition) is 2. The first-order valence-corrected chi connectivity index (χ1v) is 6.24. The minimum Gasteiger partial charge on any atom is -0.274 e. The van der Waals surface area contributed by atoms with Crippen LogP contribution in [0, 0.1) is 0 Å². The minimum absolute atomic E-state index is 0.426. The van der Waals surface area contributed by atoms with Crippen molar-refractivity contribution in [3.8, 4) is 0 Å². The summed E-state index contributed by atoms with van der Waals surface area (Å²) in [6.45, 7) is 2.20. The number of rotatable bonds is 1. The number of nitrogens with zero attached hydrogens (tertiary/aromatic N) is 2. The van der Waals surface area contributed by atoms with Gasteiger partial charge in [-0.15, -0.1) is 0 Å². The summed E-state index contributed by atoms with van der Waals surface area (Å²) in [5.41, 5.74) is 2.74. The largest absolute Gasteiger partial charge is 0.274 e. The third kappa shape index (κ3) is 2.01. The zero-order valence-electron chi connectivity index (χ0n) is 9.79. The zero-order valence-corrected chi connectivity index (χ0v) is 10.5. The van der Waals surface area contributed by atoms with Gasteiger partial charge in [-0.3, -0.25) is 9.48 Å². The second kappa shape index (κ2) is 4.58. The number of aryl methyl sites for hydroxylation is 1. The van der Waals surface area contributed by atoms with Gasteiger partial charge in [0.2, 0.25) is 0 Å². The first-order valence-electron chi connectivity index (χ1n) is 5.87. The Morgan fingerprint density at radius 1 is 1.44 bits per heavy atom. The molecule has 4 heteroatoms. The van der Waals surface area contributed by atoms with E-state index in [4.69, 9.17) is 11.6 Å². The zero-order chi connectivity index (χ0) is 11.7. The van der Waals surface area contributed by atoms with Gasteiger partial charge in [0, 0.05) is 18.3 Å². The molecule has 3 nitrogen and oxygen atoms in total. The fourth-order valence-corrected chi connectivity index (χ4v) is 2.82. The van der Waals surface area contributed by atoms with Crippen LogP contribution in [0.25, 0.3) is 0 Å². The van der Waals surface area contributed by atoms with Crippen LogP contribution in [0.4, 0.5) is 0 Å². The smallest absolute Gasteiger partial charge is 0.273 e. The van der Waals surface area contributed by atoms with Crippen molar-refractivity contribution in [2.75, 3.05) is 0 Å². The Morgan fingerprint density at radius 2 is 2.19 bits per heavy atom. The maximum absolute atomic E-state index is 11.3. The van der Waals surface area contributed by atoms with Gasteiger partial charge >= 0.3 is 0 Å². The standard InChI is InChI=1S/C12H17ClN2O/c1-8-6-4-3-5-7-9-10(12(13)16)14-15(2)11(8)9/h8H,3-7H2,1-2H3. The van der Waals surface area contributed by atoms with Crippen LogP contribution < -0.4 is 0 Å². The second-order valence-electron chi connectivity index (χ2n) is 4.61. The van der Waals surface area contributed by atoms with Crippen molar-refractivity contribution < 1.29 is 4.79 Å². The summed E-state index contributed by atoms with van der Waals surface area (Å²) in [6, 6.07) is 0. The molecule has 1 aromatic rings. The molecule has 1 aliphatic rings. The maximum Gasteiger partial charge on any atom is 0.273 e. The molecule has 0 bridgehead atoms. The van der Waals surface area contributed by atoms with Crippen molar-refractivity contribution in [2.45, 2.75) is 44.9 Å². The van der Waals surface area contributed by atoms with Crippen LogP contribution in [-0.2, 0) is 13.5 Å². The average molecular weight is 241 g/mol. The van der Waals surface area contributed by atoms with E-state index >= 15 is 0 Å². The summed E-state index contributed by atoms with van der Waals surface area (Å²) in [6.07, 6.45) is 5.72. The average Bonchev–Trinajstić information content (AvgIpc) is 2.51. The lowest BCUT2D eigenvalue weighted by atomic mass is 9.90. The van der Waals surface area contributed by atoms with Gasteiger partial charge < -0.3 is 0 Å². The number of fused-ring (bicyclic) bond motifs is 1. The Morgan fingerprint density at radius 3 is 2.88 bits per heavy atom. The molecule has 88 valence electrons. The van der Waals surface area contributed by atoms with Gasteiger partial charge in [-0.05, 0) is 36.8 Å². The normalized spacial score (nSPS) is 21.1. The highest BCUT2D eigenvalue weighted by molar-refractivity contribution is 6.67. The Hall–Kier alpha value is -0.830. The highest BCUT2D eigenvalue weighted by Gasteiger charge is 2.24. The van der Waals surface area contributed by atoms with Crippen LogP contribution in [0.5, 0.6) is 0 Å². The van der Waals surface area contributed by atoms with Crippen molar-refractivity contribution in [1.29, 1.82) is 0 Å². The topological polar surface area (TPSA) is 34.9 Å². The fraction of sp³-hybridized carbons (Fsp3) is 0.667. The number of halogens is 1. The molecule has 2 rings (SSSR count). The monoisotopic (exact) mass is 240 g/mol. The van der Waals surface area contributed by atoms with Crippen LogP contribution in [-0.4, -0.2) is 15.0 Å². The van der Waals surface area contributed by atoms with E-state index in [1.807, 2.05) is 11.7 Å². The molecule has 0 radical (unpaired) electrons. The lowest BCUT2D eigenvalue weighted by Crippen LogP contribution is -2.08. The molecule has 16 heavy (non-hydrogen) atoms.